The van der Waals surface area contributed by atoms with E-state index in [-0.39, 0.29) is 24.4 Å². The van der Waals surface area contributed by atoms with Crippen molar-refractivity contribution in [1.29, 1.82) is 0 Å². The van der Waals surface area contributed by atoms with Gasteiger partial charge in [0.25, 0.3) is 5.91 Å². The molecule has 7 nitrogen and oxygen atoms in total. The number of rotatable bonds is 6. The molecule has 12 heteroatoms. The standard InChI is InChI=1S/C20H16ClF3N4O3S/c21-20(23,24)31-13-3-1-12(2-4-13)27-19(30)11-7-14(17-5-6-26-32-17)18(25-8-11)28-9-15(22)16(29)10-28/h1-8,15-16,29H,9-10H2,(H,27,30). The van der Waals surface area contributed by atoms with Crippen LogP contribution in [0.4, 0.5) is 24.7 Å². The summed E-state index contributed by atoms with van der Waals surface area (Å²) in [6.45, 7) is 0.0720. The first-order chi connectivity index (χ1) is 15.2. The Kier molecular flexibility index (Phi) is 6.22. The number of carbonyl (C=O) groups excluding carboxylic acids is 1. The van der Waals surface area contributed by atoms with Crippen LogP contribution in [0.2, 0.25) is 0 Å². The minimum Gasteiger partial charge on any atom is -0.420 e. The zero-order valence-electron chi connectivity index (χ0n) is 16.2. The number of β-amino-alcohol motifs (C(OH)–C–C–N with tert-alkyl or cyclic N) is 1. The Morgan fingerprint density at radius 2 is 2.03 bits per heavy atom. The predicted octanol–water partition coefficient (Wildman–Crippen LogP) is 4.14. The Morgan fingerprint density at radius 1 is 1.28 bits per heavy atom. The molecule has 1 aromatic carbocycles. The molecule has 0 radical (unpaired) electrons. The number of hydrogen-bond donors (Lipinski definition) is 2. The highest BCUT2D eigenvalue weighted by Crippen LogP contribution is 2.34. The minimum absolute atomic E-state index is 0.0126. The lowest BCUT2D eigenvalue weighted by Crippen LogP contribution is -2.23. The second-order valence-corrected chi connectivity index (χ2v) is 8.26. The Bertz CT molecular complexity index is 1090. The van der Waals surface area contributed by atoms with Crippen molar-refractivity contribution < 1.29 is 27.8 Å². The molecule has 0 aliphatic carbocycles. The van der Waals surface area contributed by atoms with Crippen molar-refractivity contribution in [3.8, 4) is 16.2 Å². The molecule has 0 saturated carbocycles. The Hall–Kier alpha value is -2.89. The van der Waals surface area contributed by atoms with E-state index in [4.69, 9.17) is 11.6 Å². The third kappa shape index (κ3) is 5.12. The van der Waals surface area contributed by atoms with E-state index in [1.54, 1.807) is 23.2 Å². The molecule has 0 bridgehead atoms. The van der Waals surface area contributed by atoms with Crippen molar-refractivity contribution in [3.63, 3.8) is 0 Å². The lowest BCUT2D eigenvalue weighted by atomic mass is 10.1. The molecule has 2 atom stereocenters. The number of carbonyl (C=O) groups is 1. The molecule has 168 valence electrons. The molecule has 32 heavy (non-hydrogen) atoms. The number of pyridine rings is 1. The number of aliphatic hydroxyl groups is 1. The van der Waals surface area contributed by atoms with Crippen LogP contribution in [-0.2, 0) is 0 Å². The zero-order chi connectivity index (χ0) is 22.9. The molecule has 2 unspecified atom stereocenters. The number of halogens is 4. The van der Waals surface area contributed by atoms with Gasteiger partial charge in [-0.05, 0) is 47.9 Å². The van der Waals surface area contributed by atoms with E-state index in [2.05, 4.69) is 19.4 Å². The maximum absolute atomic E-state index is 13.8. The van der Waals surface area contributed by atoms with E-state index >= 15 is 0 Å². The van der Waals surface area contributed by atoms with Crippen molar-refractivity contribution in [2.45, 2.75) is 17.8 Å². The van der Waals surface area contributed by atoms with E-state index in [0.717, 1.165) is 4.88 Å². The highest BCUT2D eigenvalue weighted by molar-refractivity contribution is 7.09. The molecule has 0 spiro atoms. The molecular weight excluding hydrogens is 469 g/mol. The van der Waals surface area contributed by atoms with E-state index in [1.807, 2.05) is 0 Å². The smallest absolute Gasteiger partial charge is 0.420 e. The fourth-order valence-electron chi connectivity index (χ4n) is 3.23. The van der Waals surface area contributed by atoms with Gasteiger partial charge in [-0.15, -0.1) is 8.78 Å². The number of nitrogens with zero attached hydrogens (tertiary/aromatic N) is 3. The van der Waals surface area contributed by atoms with Crippen molar-refractivity contribution in [2.75, 3.05) is 23.3 Å². The summed E-state index contributed by atoms with van der Waals surface area (Å²) in [6, 6.07) is 8.60. The van der Waals surface area contributed by atoms with E-state index < -0.39 is 23.8 Å². The lowest BCUT2D eigenvalue weighted by Gasteiger charge is -2.20. The molecule has 1 amide bonds. The first-order valence-corrected chi connectivity index (χ1v) is 10.5. The molecule has 1 saturated heterocycles. The van der Waals surface area contributed by atoms with Crippen LogP contribution in [-0.4, -0.2) is 51.3 Å². The first-order valence-electron chi connectivity index (χ1n) is 9.35. The molecule has 3 aromatic rings. The van der Waals surface area contributed by atoms with Gasteiger partial charge in [0.1, 0.15) is 23.8 Å². The first kappa shape index (κ1) is 22.3. The van der Waals surface area contributed by atoms with E-state index in [9.17, 15) is 23.1 Å². The second-order valence-electron chi connectivity index (χ2n) is 6.99. The van der Waals surface area contributed by atoms with Gasteiger partial charge in [0.05, 0.1) is 17.0 Å². The third-order valence-electron chi connectivity index (χ3n) is 4.70. The van der Waals surface area contributed by atoms with Crippen LogP contribution in [0, 0.1) is 0 Å². The quantitative estimate of drug-likeness (QED) is 0.511. The molecule has 1 aliphatic heterocycles. The monoisotopic (exact) mass is 484 g/mol. The SMILES string of the molecule is O=C(Nc1ccc(OC(F)(F)Cl)cc1)c1cnc(N2CC(O)C(F)C2)c(-c2ccns2)c1. The van der Waals surface area contributed by atoms with E-state index in [0.29, 0.717) is 17.1 Å². The van der Waals surface area contributed by atoms with Crippen LogP contribution >= 0.6 is 23.1 Å². The number of aromatic nitrogens is 2. The number of amides is 1. The van der Waals surface area contributed by atoms with Gasteiger partial charge in [-0.25, -0.2) is 13.7 Å². The average molecular weight is 485 g/mol. The Labute approximate surface area is 189 Å². The number of benzene rings is 1. The molecule has 1 aliphatic rings. The predicted molar refractivity (Wildman–Crippen MR) is 114 cm³/mol. The highest BCUT2D eigenvalue weighted by atomic mass is 35.5. The third-order valence-corrected chi connectivity index (χ3v) is 5.55. The number of alkyl halides is 4. The summed E-state index contributed by atoms with van der Waals surface area (Å²) in [5.74, 6) is -0.218. The number of aliphatic hydroxyl groups excluding tert-OH is 1. The lowest BCUT2D eigenvalue weighted by molar-refractivity contribution is -0.0964. The van der Waals surface area contributed by atoms with Crippen LogP contribution in [0.25, 0.3) is 10.4 Å². The van der Waals surface area contributed by atoms with Crippen molar-refractivity contribution in [1.82, 2.24) is 9.36 Å². The summed E-state index contributed by atoms with van der Waals surface area (Å²) in [7, 11) is 0. The molecule has 2 aromatic heterocycles. The largest absolute Gasteiger partial charge is 0.487 e. The number of nitrogens with one attached hydrogen (secondary N) is 1. The van der Waals surface area contributed by atoms with Gasteiger partial charge in [0.15, 0.2) is 0 Å². The van der Waals surface area contributed by atoms with Crippen molar-refractivity contribution in [3.05, 3.63) is 54.4 Å². The molecule has 1 fully saturated rings. The van der Waals surface area contributed by atoms with Crippen LogP contribution < -0.4 is 15.0 Å². The summed E-state index contributed by atoms with van der Waals surface area (Å²) in [6.07, 6.45) is 0.444. The number of anilines is 2. The van der Waals surface area contributed by atoms with Gasteiger partial charge < -0.3 is 20.1 Å². The summed E-state index contributed by atoms with van der Waals surface area (Å²) in [4.78, 5) is 19.4. The molecule has 3 heterocycles. The zero-order valence-corrected chi connectivity index (χ0v) is 17.8. The van der Waals surface area contributed by atoms with Crippen molar-refractivity contribution in [2.24, 2.45) is 0 Å². The maximum atomic E-state index is 13.8. The maximum Gasteiger partial charge on any atom is 0.487 e. The van der Waals surface area contributed by atoms with Crippen LogP contribution in [0.3, 0.4) is 0 Å². The number of hydrogen-bond acceptors (Lipinski definition) is 7. The highest BCUT2D eigenvalue weighted by Gasteiger charge is 2.33. The van der Waals surface area contributed by atoms with Gasteiger partial charge in [-0.1, -0.05) is 0 Å². The normalized spacial score (nSPS) is 18.6. The summed E-state index contributed by atoms with van der Waals surface area (Å²) >= 11 is 5.92. The van der Waals surface area contributed by atoms with Crippen molar-refractivity contribution >= 4 is 40.5 Å². The van der Waals surface area contributed by atoms with E-state index in [1.165, 1.54) is 42.0 Å². The molecular formula is C20H16ClF3N4O3S. The minimum atomic E-state index is -3.83. The fraction of sp³-hybridized carbons (Fsp3) is 0.250. The topological polar surface area (TPSA) is 87.6 Å². The van der Waals surface area contributed by atoms with Gasteiger partial charge in [0.2, 0.25) is 0 Å². The number of ether oxygens (including phenoxy) is 1. The van der Waals surface area contributed by atoms with Gasteiger partial charge in [-0.3, -0.25) is 4.79 Å². The Morgan fingerprint density at radius 3 is 2.62 bits per heavy atom. The molecule has 2 N–H and O–H groups in total. The van der Waals surface area contributed by atoms with Crippen LogP contribution in [0.15, 0.2) is 48.8 Å². The summed E-state index contributed by atoms with van der Waals surface area (Å²) < 4.78 is 47.6. The van der Waals surface area contributed by atoms with Gasteiger partial charge >= 0.3 is 5.57 Å². The van der Waals surface area contributed by atoms with Gasteiger partial charge in [0, 0.05) is 41.8 Å². The van der Waals surface area contributed by atoms with Gasteiger partial charge in [-0.2, -0.15) is 0 Å². The van der Waals surface area contributed by atoms with Crippen LogP contribution in [0.1, 0.15) is 10.4 Å². The molecule has 4 rings (SSSR count). The second kappa shape index (κ2) is 8.93. The Balaban J connectivity index is 1.56. The average Bonchev–Trinajstić information content (AvgIpc) is 3.38. The fourth-order valence-corrected chi connectivity index (χ4v) is 3.93. The summed E-state index contributed by atoms with van der Waals surface area (Å²) in [5.41, 5.74) is -2.69. The van der Waals surface area contributed by atoms with Crippen LogP contribution in [0.5, 0.6) is 5.75 Å². The summed E-state index contributed by atoms with van der Waals surface area (Å²) in [5, 5.41) is 12.4.